The van der Waals surface area contributed by atoms with E-state index < -0.39 is 0 Å². The van der Waals surface area contributed by atoms with Crippen molar-refractivity contribution in [2.24, 2.45) is 0 Å². The van der Waals surface area contributed by atoms with Crippen molar-refractivity contribution in [2.75, 3.05) is 0 Å². The molecule has 0 fully saturated rings. The van der Waals surface area contributed by atoms with E-state index in [1.807, 2.05) is 48.5 Å². The van der Waals surface area contributed by atoms with Gasteiger partial charge in [0.15, 0.2) is 11.4 Å². The number of para-hydroxylation sites is 2. The van der Waals surface area contributed by atoms with Gasteiger partial charge in [0, 0.05) is 55.1 Å². The first-order valence-corrected chi connectivity index (χ1v) is 19.1. The average molecular weight is 730 g/mol. The highest BCUT2D eigenvalue weighted by molar-refractivity contribution is 6.21. The Balaban J connectivity index is 1.04. The van der Waals surface area contributed by atoms with E-state index in [0.29, 0.717) is 5.82 Å². The van der Waals surface area contributed by atoms with Gasteiger partial charge in [-0.05, 0) is 53.6 Å². The van der Waals surface area contributed by atoms with Gasteiger partial charge in [-0.25, -0.2) is 9.97 Å². The Bertz CT molecular complexity index is 3500. The maximum absolute atomic E-state index is 6.71. The van der Waals surface area contributed by atoms with Crippen molar-refractivity contribution in [3.8, 4) is 50.7 Å². The Labute approximate surface area is 326 Å². The topological polar surface area (TPSA) is 57.0 Å². The molecule has 0 saturated heterocycles. The van der Waals surface area contributed by atoms with Crippen LogP contribution in [0.4, 0.5) is 0 Å². The van der Waals surface area contributed by atoms with E-state index in [2.05, 4.69) is 144 Å². The number of fused-ring (bicyclic) bond motifs is 10. The molecule has 0 aliphatic carbocycles. The monoisotopic (exact) mass is 729 g/mol. The smallest absolute Gasteiger partial charge is 0.161 e. The van der Waals surface area contributed by atoms with Gasteiger partial charge in [-0.1, -0.05) is 140 Å². The zero-order chi connectivity index (χ0) is 37.5. The van der Waals surface area contributed by atoms with E-state index in [1.165, 1.54) is 10.9 Å². The van der Waals surface area contributed by atoms with E-state index in [9.17, 15) is 0 Å². The number of hydrogen-bond donors (Lipinski definition) is 0. The van der Waals surface area contributed by atoms with Crippen LogP contribution in [0.2, 0.25) is 0 Å². The minimum atomic E-state index is 0.644. The Morgan fingerprint density at radius 2 is 1.00 bits per heavy atom. The molecule has 5 nitrogen and oxygen atoms in total. The molecule has 0 radical (unpaired) electrons. The molecule has 5 heteroatoms. The second-order valence-corrected chi connectivity index (χ2v) is 14.5. The number of furan rings is 2. The molecule has 12 aromatic rings. The maximum atomic E-state index is 6.71. The molecule has 12 rings (SSSR count). The lowest BCUT2D eigenvalue weighted by Crippen LogP contribution is -1.96. The molecule has 0 aliphatic rings. The minimum Gasteiger partial charge on any atom is -0.456 e. The SMILES string of the molecule is c1ccc(-c2ccc(-c3cc(-c4ccccc4)nc(-c4cccc5oc6cc(-n7c8ccccc8c8ccc9c%10ccccc%10oc9c87)ccc6c45)n3)cc2)cc1. The molecule has 4 aromatic heterocycles. The fraction of sp³-hybridized carbons (Fsp3) is 0. The molecule has 4 heterocycles. The van der Waals surface area contributed by atoms with Gasteiger partial charge < -0.3 is 13.4 Å². The third-order valence-electron chi connectivity index (χ3n) is 11.2. The van der Waals surface area contributed by atoms with Crippen molar-refractivity contribution >= 4 is 65.7 Å². The van der Waals surface area contributed by atoms with Gasteiger partial charge in [-0.2, -0.15) is 0 Å². The second kappa shape index (κ2) is 12.4. The molecule has 0 spiro atoms. The molecule has 266 valence electrons. The van der Waals surface area contributed by atoms with Crippen LogP contribution in [0.15, 0.2) is 197 Å². The summed E-state index contributed by atoms with van der Waals surface area (Å²) in [6, 6.07) is 65.3. The van der Waals surface area contributed by atoms with Crippen molar-refractivity contribution in [1.29, 1.82) is 0 Å². The number of nitrogens with zero attached hydrogens (tertiary/aromatic N) is 3. The highest BCUT2D eigenvalue weighted by Gasteiger charge is 2.21. The number of benzene rings is 8. The summed E-state index contributed by atoms with van der Waals surface area (Å²) >= 11 is 0. The molecular formula is C52H31N3O2. The van der Waals surface area contributed by atoms with E-state index in [1.54, 1.807) is 0 Å². The van der Waals surface area contributed by atoms with Gasteiger partial charge in [-0.3, -0.25) is 0 Å². The predicted octanol–water partition coefficient (Wildman–Crippen LogP) is 14.0. The summed E-state index contributed by atoms with van der Waals surface area (Å²) in [6.07, 6.45) is 0. The quantitative estimate of drug-likeness (QED) is 0.177. The van der Waals surface area contributed by atoms with Gasteiger partial charge in [0.2, 0.25) is 0 Å². The van der Waals surface area contributed by atoms with Gasteiger partial charge >= 0.3 is 0 Å². The first kappa shape index (κ1) is 31.6. The largest absolute Gasteiger partial charge is 0.456 e. The third kappa shape index (κ3) is 4.96. The van der Waals surface area contributed by atoms with Gasteiger partial charge in [0.05, 0.1) is 28.1 Å². The fourth-order valence-electron chi connectivity index (χ4n) is 8.58. The first-order chi connectivity index (χ1) is 28.2. The zero-order valence-electron chi connectivity index (χ0n) is 30.6. The van der Waals surface area contributed by atoms with Crippen LogP contribution in [0.25, 0.3) is 116 Å². The third-order valence-corrected chi connectivity index (χ3v) is 11.2. The van der Waals surface area contributed by atoms with Crippen molar-refractivity contribution < 1.29 is 8.83 Å². The van der Waals surface area contributed by atoms with Crippen molar-refractivity contribution in [3.63, 3.8) is 0 Å². The molecule has 0 saturated carbocycles. The summed E-state index contributed by atoms with van der Waals surface area (Å²) in [5.74, 6) is 0.644. The van der Waals surface area contributed by atoms with E-state index in [-0.39, 0.29) is 0 Å². The molecule has 0 atom stereocenters. The molecule has 0 N–H and O–H groups in total. The van der Waals surface area contributed by atoms with Crippen LogP contribution in [0, 0.1) is 0 Å². The van der Waals surface area contributed by atoms with Crippen LogP contribution in [-0.2, 0) is 0 Å². The van der Waals surface area contributed by atoms with Crippen LogP contribution < -0.4 is 0 Å². The molecule has 0 bridgehead atoms. The Kier molecular flexibility index (Phi) is 6.86. The fourth-order valence-corrected chi connectivity index (χ4v) is 8.58. The van der Waals surface area contributed by atoms with Gasteiger partial charge in [0.25, 0.3) is 0 Å². The van der Waals surface area contributed by atoms with Crippen molar-refractivity contribution in [1.82, 2.24) is 14.5 Å². The lowest BCUT2D eigenvalue weighted by molar-refractivity contribution is 0.668. The van der Waals surface area contributed by atoms with Crippen LogP contribution in [-0.4, -0.2) is 14.5 Å². The van der Waals surface area contributed by atoms with Crippen molar-refractivity contribution in [2.45, 2.75) is 0 Å². The van der Waals surface area contributed by atoms with Crippen LogP contribution >= 0.6 is 0 Å². The van der Waals surface area contributed by atoms with E-state index in [0.717, 1.165) is 99.6 Å². The molecule has 0 unspecified atom stereocenters. The summed E-state index contributed by atoms with van der Waals surface area (Å²) in [6.45, 7) is 0. The molecule has 0 aliphatic heterocycles. The van der Waals surface area contributed by atoms with Gasteiger partial charge in [-0.15, -0.1) is 0 Å². The normalized spacial score (nSPS) is 11.9. The number of rotatable bonds is 5. The summed E-state index contributed by atoms with van der Waals surface area (Å²) in [4.78, 5) is 10.5. The highest BCUT2D eigenvalue weighted by Crippen LogP contribution is 2.42. The van der Waals surface area contributed by atoms with Gasteiger partial charge in [0.1, 0.15) is 16.7 Å². The lowest BCUT2D eigenvalue weighted by Gasteiger charge is -2.11. The molecule has 0 amide bonds. The van der Waals surface area contributed by atoms with E-state index in [4.69, 9.17) is 18.8 Å². The van der Waals surface area contributed by atoms with Crippen LogP contribution in [0.1, 0.15) is 0 Å². The van der Waals surface area contributed by atoms with Crippen LogP contribution in [0.5, 0.6) is 0 Å². The minimum absolute atomic E-state index is 0.644. The zero-order valence-corrected chi connectivity index (χ0v) is 30.6. The van der Waals surface area contributed by atoms with Crippen molar-refractivity contribution in [3.05, 3.63) is 188 Å². The molecule has 57 heavy (non-hydrogen) atoms. The summed E-state index contributed by atoms with van der Waals surface area (Å²) < 4.78 is 15.6. The first-order valence-electron chi connectivity index (χ1n) is 19.1. The number of aromatic nitrogens is 3. The highest BCUT2D eigenvalue weighted by atomic mass is 16.3. The maximum Gasteiger partial charge on any atom is 0.161 e. The summed E-state index contributed by atoms with van der Waals surface area (Å²) in [5, 5.41) is 6.50. The Morgan fingerprint density at radius 1 is 0.386 bits per heavy atom. The van der Waals surface area contributed by atoms with Crippen LogP contribution in [0.3, 0.4) is 0 Å². The second-order valence-electron chi connectivity index (χ2n) is 14.5. The molecule has 8 aromatic carbocycles. The number of hydrogen-bond acceptors (Lipinski definition) is 4. The molecular weight excluding hydrogens is 699 g/mol. The van der Waals surface area contributed by atoms with E-state index >= 15 is 0 Å². The summed E-state index contributed by atoms with van der Waals surface area (Å²) in [7, 11) is 0. The predicted molar refractivity (Wildman–Crippen MR) is 233 cm³/mol. The summed E-state index contributed by atoms with van der Waals surface area (Å²) in [5.41, 5.74) is 13.5. The Hall–Kier alpha value is -7.76. The standard InChI is InChI=1S/C52H31N3O2/c1-3-12-32(13-4-1)33-22-24-35(25-23-33)44-31-43(34-14-5-2-6-15-34)53-52(54-44)42-18-11-21-47-49(42)41-27-26-36(30-48(41)56-47)55-45-19-9-7-16-37(45)39-28-29-40-38-17-8-10-20-46(38)57-51(40)50(39)55/h1-31H. The Morgan fingerprint density at radius 3 is 1.81 bits per heavy atom. The lowest BCUT2D eigenvalue weighted by atomic mass is 10.0. The average Bonchev–Trinajstić information content (AvgIpc) is 3.96.